The van der Waals surface area contributed by atoms with Gasteiger partial charge in [-0.3, -0.25) is 39.4 Å². The van der Waals surface area contributed by atoms with E-state index in [1.54, 1.807) is 291 Å². The number of aromatic nitrogens is 3. The summed E-state index contributed by atoms with van der Waals surface area (Å²) in [5.41, 5.74) is 9.60. The summed E-state index contributed by atoms with van der Waals surface area (Å²) in [7, 11) is 0. The van der Waals surface area contributed by atoms with E-state index in [0.29, 0.717) is 102 Å². The molecule has 0 aliphatic carbocycles. The van der Waals surface area contributed by atoms with Gasteiger partial charge in [-0.2, -0.15) is 40.9 Å². The highest BCUT2D eigenvalue weighted by Crippen LogP contribution is 2.39. The highest BCUT2D eigenvalue weighted by molar-refractivity contribution is 6.11. The van der Waals surface area contributed by atoms with Crippen molar-refractivity contribution in [3.8, 4) is 0 Å². The van der Waals surface area contributed by atoms with Gasteiger partial charge >= 0.3 is 12.2 Å². The van der Waals surface area contributed by atoms with Crippen molar-refractivity contribution >= 4 is 184 Å². The third kappa shape index (κ3) is 27.1. The van der Waals surface area contributed by atoms with E-state index in [-0.39, 0.29) is 81.5 Å². The molecule has 146 heavy (non-hydrogen) atoms. The maximum absolute atomic E-state index is 14.0. The van der Waals surface area contributed by atoms with Crippen LogP contribution in [-0.4, -0.2) is 62.6 Å². The van der Waals surface area contributed by atoms with Gasteiger partial charge in [0.25, 0.3) is 35.4 Å². The molecular weight excluding hydrogens is 1850 g/mol. The summed E-state index contributed by atoms with van der Waals surface area (Å²) >= 11 is 0. The van der Waals surface area contributed by atoms with E-state index in [1.165, 1.54) is 54.6 Å². The Morgan fingerprint density at radius 3 is 0.514 bits per heavy atom. The molecule has 710 valence electrons. The molecule has 0 aliphatic rings. The van der Waals surface area contributed by atoms with Gasteiger partial charge < -0.3 is 41.4 Å². The number of pyridine rings is 3. The fraction of sp³-hybridized carbons (Fsp3) is 0.0183. The Hall–Kier alpha value is -21.3. The molecule has 0 radical (unpaired) electrons. The number of carbonyl (C=O) groups is 8. The second kappa shape index (κ2) is 48.1. The van der Waals surface area contributed by atoms with Crippen LogP contribution in [0.1, 0.15) is 74.1 Å². The largest absolute Gasteiger partial charge is 0.444 e. The van der Waals surface area contributed by atoms with E-state index >= 15 is 0 Å². The predicted octanol–water partition coefficient (Wildman–Crippen LogP) is 30.2. The van der Waals surface area contributed by atoms with Crippen LogP contribution in [0.5, 0.6) is 0 Å². The number of rotatable bonds is 34. The van der Waals surface area contributed by atoms with Crippen LogP contribution in [0, 0.1) is 0 Å². The number of nitrogens with zero attached hydrogens (tertiary/aromatic N) is 19. The van der Waals surface area contributed by atoms with E-state index < -0.39 is 47.6 Å². The average molecular weight is 1930 g/mol. The fourth-order valence-electron chi connectivity index (χ4n) is 13.6. The van der Waals surface area contributed by atoms with Gasteiger partial charge in [0.05, 0.1) is 91.0 Å². The molecule has 37 heteroatoms. The summed E-state index contributed by atoms with van der Waals surface area (Å²) in [6, 6.07) is 113. The number of anilines is 8. The highest BCUT2D eigenvalue weighted by atomic mass is 16.6. The Balaban J connectivity index is 0.469. The monoisotopic (exact) mass is 1930 g/mol. The quantitative estimate of drug-likeness (QED) is 0.0174. The van der Waals surface area contributed by atoms with Gasteiger partial charge in [-0.15, -0.1) is 40.9 Å². The first-order chi connectivity index (χ1) is 71.6. The van der Waals surface area contributed by atoms with E-state index in [4.69, 9.17) is 9.47 Å². The van der Waals surface area contributed by atoms with Crippen molar-refractivity contribution in [2.45, 2.75) is 13.2 Å². The summed E-state index contributed by atoms with van der Waals surface area (Å²) in [6.45, 7) is 0.187. The minimum atomic E-state index is -0.652. The molecule has 0 spiro atoms. The normalized spacial score (nSPS) is 11.3. The molecule has 3 aromatic heterocycles. The molecule has 3 heterocycles. The van der Waals surface area contributed by atoms with Gasteiger partial charge in [-0.05, 0) is 217 Å². The minimum Gasteiger partial charge on any atom is -0.444 e. The minimum absolute atomic E-state index is 0.0659. The standard InChI is InChI=1S/C109H79N27O10/c137-102(113-80-42-7-15-50-88(80)129-121-72-34-23-36-74(64-72)123-131-90-52-17-9-44-82(90)115-104(139)98-60-28-62-100(111-98)106(141)117-84-46-11-19-54-92(84)133-125-76-38-25-40-78(66-76)127-135-94-56-21-13-48-86(94)119-108(143)145-68-70-30-3-1-4-31-70)96-58-27-59-97(110-96)103(138)114-81-43-8-16-51-89(81)130-122-73-35-24-37-75(65-73)124-132-91-53-18-10-45-83(91)116-105(140)99-61-29-63-101(112-99)107(142)118-85-47-12-20-55-93(85)134-126-77-39-26-41-79(67-77)128-136-95-57-22-14-49-87(95)120-109(144)146-69-71-32-5-2-6-33-71/h1-67H,68-69H2,(H,113,137)(H,114,138)(H,115,139)(H,116,140)(H,117,141)(H,118,142)(H,119,143)(H,120,144). The molecule has 0 fully saturated rings. The van der Waals surface area contributed by atoms with E-state index in [2.05, 4.69) is 139 Å². The van der Waals surface area contributed by atoms with Crippen molar-refractivity contribution in [1.82, 2.24) is 15.0 Å². The first-order valence-electron chi connectivity index (χ1n) is 44.8. The topological polar surface area (TPSA) is 488 Å². The third-order valence-corrected chi connectivity index (χ3v) is 20.8. The van der Waals surface area contributed by atoms with Gasteiger partial charge in [0, 0.05) is 0 Å². The maximum atomic E-state index is 14.0. The number of azo groups is 8. The molecule has 14 aromatic carbocycles. The van der Waals surface area contributed by atoms with Crippen LogP contribution in [0.15, 0.2) is 488 Å². The maximum Gasteiger partial charge on any atom is 0.412 e. The molecule has 0 unspecified atom stereocenters. The van der Waals surface area contributed by atoms with E-state index in [0.717, 1.165) is 11.1 Å². The van der Waals surface area contributed by atoms with Gasteiger partial charge in [-0.25, -0.2) is 24.5 Å². The predicted molar refractivity (Wildman–Crippen MR) is 552 cm³/mol. The van der Waals surface area contributed by atoms with Crippen molar-refractivity contribution < 1.29 is 47.8 Å². The lowest BCUT2D eigenvalue weighted by molar-refractivity contribution is 0.0998. The van der Waals surface area contributed by atoms with Crippen LogP contribution < -0.4 is 42.5 Å². The summed E-state index contributed by atoms with van der Waals surface area (Å²) in [4.78, 5) is 122. The zero-order chi connectivity index (χ0) is 100. The Bertz CT molecular complexity index is 7540. The molecule has 0 saturated heterocycles. The molecule has 0 bridgehead atoms. The second-order valence-corrected chi connectivity index (χ2v) is 31.1. The molecule has 8 N–H and O–H groups in total. The third-order valence-electron chi connectivity index (χ3n) is 20.8. The summed E-state index contributed by atoms with van der Waals surface area (Å²) in [5.74, 6) is -3.84. The van der Waals surface area contributed by atoms with Crippen molar-refractivity contribution in [2.75, 3.05) is 42.5 Å². The van der Waals surface area contributed by atoms with Crippen molar-refractivity contribution in [2.24, 2.45) is 81.8 Å². The summed E-state index contributed by atoms with van der Waals surface area (Å²) in [5, 5.41) is 93.2. The highest BCUT2D eigenvalue weighted by Gasteiger charge is 2.22. The van der Waals surface area contributed by atoms with Crippen LogP contribution in [0.2, 0.25) is 0 Å². The van der Waals surface area contributed by atoms with Crippen LogP contribution in [0.3, 0.4) is 0 Å². The molecule has 17 rings (SSSR count). The van der Waals surface area contributed by atoms with Crippen LogP contribution >= 0.6 is 0 Å². The molecule has 37 nitrogen and oxygen atoms in total. The van der Waals surface area contributed by atoms with Gasteiger partial charge in [0.2, 0.25) is 0 Å². The second-order valence-electron chi connectivity index (χ2n) is 31.1. The first-order valence-corrected chi connectivity index (χ1v) is 44.8. The molecule has 0 saturated carbocycles. The van der Waals surface area contributed by atoms with Crippen molar-refractivity contribution in [3.63, 3.8) is 0 Å². The Labute approximate surface area is 831 Å². The molecule has 17 aromatic rings. The molecule has 0 aliphatic heterocycles. The van der Waals surface area contributed by atoms with E-state index in [9.17, 15) is 38.4 Å². The zero-order valence-corrected chi connectivity index (χ0v) is 76.7. The smallest absolute Gasteiger partial charge is 0.412 e. The lowest BCUT2D eigenvalue weighted by atomic mass is 10.2. The number of carbonyl (C=O) groups excluding carboxylic acids is 8. The number of hydrogen-bond acceptors (Lipinski definition) is 29. The average Bonchev–Trinajstić information content (AvgIpc) is 0.825. The number of ether oxygens (including phenoxy) is 2. The Morgan fingerprint density at radius 1 is 0.171 bits per heavy atom. The Morgan fingerprint density at radius 2 is 0.329 bits per heavy atom. The zero-order valence-electron chi connectivity index (χ0n) is 76.7. The SMILES string of the molecule is O=C(Nc1ccccc1N=Nc1cccc(N=Nc2ccccc2NC(=O)c2cccc(C(=O)Nc3ccccc3N=Nc3cccc(N=Nc4ccccc4NC(=O)c4cccc(C(=O)Nc5ccccc5N=Nc5cccc(N=Nc6ccccc6NC(=O)c6cccc(C(=O)Nc7ccccc7N=Nc7cccc(N=Nc8ccccc8NC(=O)OCc8ccccc8)c7)n6)c5)n4)c3)n2)c1)OCc1ccccc1. The van der Waals surface area contributed by atoms with Crippen molar-refractivity contribution in [3.05, 3.63) is 452 Å². The van der Waals surface area contributed by atoms with Crippen LogP contribution in [0.4, 0.5) is 146 Å². The Kier molecular flexibility index (Phi) is 31.8. The first kappa shape index (κ1) is 96.4. The van der Waals surface area contributed by atoms with E-state index in [1.807, 2.05) is 60.7 Å². The molecule has 8 amide bonds. The number of benzene rings is 14. The van der Waals surface area contributed by atoms with Crippen LogP contribution in [0.25, 0.3) is 0 Å². The number of hydrogen-bond donors (Lipinski definition) is 8. The van der Waals surface area contributed by atoms with Gasteiger partial charge in [-0.1, -0.05) is 200 Å². The summed E-state index contributed by atoms with van der Waals surface area (Å²) in [6.07, 6.45) is -1.30. The number of nitrogens with one attached hydrogen (secondary N) is 8. The van der Waals surface area contributed by atoms with Gasteiger partial charge in [0.15, 0.2) is 0 Å². The van der Waals surface area contributed by atoms with Crippen LogP contribution in [-0.2, 0) is 22.7 Å². The molecular formula is C109H79N27O10. The number of amides is 8. The van der Waals surface area contributed by atoms with Crippen molar-refractivity contribution in [1.29, 1.82) is 0 Å². The summed E-state index contributed by atoms with van der Waals surface area (Å²) < 4.78 is 10.8. The lowest BCUT2D eigenvalue weighted by Gasteiger charge is -2.10. The fourth-order valence-corrected chi connectivity index (χ4v) is 13.6. The molecule has 0 atom stereocenters. The van der Waals surface area contributed by atoms with Gasteiger partial charge in [0.1, 0.15) is 92.9 Å². The lowest BCUT2D eigenvalue weighted by Crippen LogP contribution is -2.18. The number of para-hydroxylation sites is 8.